The molecule has 21 heavy (non-hydrogen) atoms. The van der Waals surface area contributed by atoms with E-state index in [1.54, 1.807) is 4.90 Å². The number of amides is 5. The predicted molar refractivity (Wildman–Crippen MR) is 74.1 cm³/mol. The van der Waals surface area contributed by atoms with Gasteiger partial charge >= 0.3 is 6.03 Å². The average Bonchev–Trinajstić information content (AvgIpc) is 2.46. The van der Waals surface area contributed by atoms with Gasteiger partial charge in [-0.2, -0.15) is 0 Å². The average molecular weight is 295 g/mol. The predicted octanol–water partition coefficient (Wildman–Crippen LogP) is 0.494. The van der Waals surface area contributed by atoms with E-state index in [1.807, 2.05) is 0 Å². The van der Waals surface area contributed by atoms with Gasteiger partial charge in [0.2, 0.25) is 17.7 Å². The number of likely N-dealkylation sites (tertiary alicyclic amines) is 1. The van der Waals surface area contributed by atoms with Crippen LogP contribution in [0.5, 0.6) is 0 Å². The molecule has 2 heterocycles. The third-order valence-corrected chi connectivity index (χ3v) is 4.07. The highest BCUT2D eigenvalue weighted by molar-refractivity contribution is 6.18. The van der Waals surface area contributed by atoms with Crippen LogP contribution in [0.15, 0.2) is 0 Å². The van der Waals surface area contributed by atoms with Crippen LogP contribution in [0.4, 0.5) is 4.79 Å². The number of nitrogens with zero attached hydrogens (tertiary/aromatic N) is 2. The van der Waals surface area contributed by atoms with Crippen molar-refractivity contribution in [3.8, 4) is 0 Å². The molecule has 2 fully saturated rings. The summed E-state index contributed by atoms with van der Waals surface area (Å²) in [5.74, 6) is -1.20. The molecule has 2 aliphatic rings. The van der Waals surface area contributed by atoms with Gasteiger partial charge in [-0.05, 0) is 33.1 Å². The SMILES string of the molecule is CC1(C)C(=O)NC(=O)N(CCC(=O)N2CCCCC2)C1=O. The molecule has 0 aliphatic carbocycles. The molecule has 5 amide bonds. The molecule has 0 aromatic rings. The van der Waals surface area contributed by atoms with Gasteiger partial charge in [-0.3, -0.25) is 24.6 Å². The molecule has 2 rings (SSSR count). The molecule has 0 aromatic heterocycles. The largest absolute Gasteiger partial charge is 0.343 e. The molecular weight excluding hydrogens is 274 g/mol. The van der Waals surface area contributed by atoms with E-state index >= 15 is 0 Å². The van der Waals surface area contributed by atoms with Crippen LogP contribution < -0.4 is 5.32 Å². The lowest BCUT2D eigenvalue weighted by atomic mass is 9.89. The van der Waals surface area contributed by atoms with E-state index in [0.29, 0.717) is 0 Å². The lowest BCUT2D eigenvalue weighted by Gasteiger charge is -2.35. The van der Waals surface area contributed by atoms with Gasteiger partial charge in [0.25, 0.3) is 0 Å². The summed E-state index contributed by atoms with van der Waals surface area (Å²) in [4.78, 5) is 50.3. The van der Waals surface area contributed by atoms with Crippen molar-refractivity contribution in [1.29, 1.82) is 0 Å². The number of piperidine rings is 1. The maximum atomic E-state index is 12.2. The van der Waals surface area contributed by atoms with Crippen LogP contribution in [0.25, 0.3) is 0 Å². The molecule has 0 spiro atoms. The number of hydrogen-bond acceptors (Lipinski definition) is 4. The quantitative estimate of drug-likeness (QED) is 0.768. The summed E-state index contributed by atoms with van der Waals surface area (Å²) in [6.07, 6.45) is 3.23. The van der Waals surface area contributed by atoms with Gasteiger partial charge in [0.05, 0.1) is 0 Å². The molecule has 2 saturated heterocycles. The zero-order valence-corrected chi connectivity index (χ0v) is 12.5. The smallest absolute Gasteiger partial charge is 0.330 e. The van der Waals surface area contributed by atoms with Gasteiger partial charge in [0.15, 0.2) is 0 Å². The highest BCUT2D eigenvalue weighted by Crippen LogP contribution is 2.23. The highest BCUT2D eigenvalue weighted by atomic mass is 16.2. The maximum absolute atomic E-state index is 12.2. The summed E-state index contributed by atoms with van der Waals surface area (Å²) in [7, 11) is 0. The van der Waals surface area contributed by atoms with Crippen LogP contribution in [-0.2, 0) is 14.4 Å². The minimum Gasteiger partial charge on any atom is -0.343 e. The van der Waals surface area contributed by atoms with Gasteiger partial charge < -0.3 is 4.90 Å². The van der Waals surface area contributed by atoms with Crippen molar-refractivity contribution in [1.82, 2.24) is 15.1 Å². The first-order valence-electron chi connectivity index (χ1n) is 7.29. The monoisotopic (exact) mass is 295 g/mol. The summed E-state index contributed by atoms with van der Waals surface area (Å²) in [5.41, 5.74) is -1.28. The Morgan fingerprint density at radius 1 is 1.14 bits per heavy atom. The molecule has 0 saturated carbocycles. The van der Waals surface area contributed by atoms with Crippen LogP contribution >= 0.6 is 0 Å². The normalized spacial score (nSPS) is 22.3. The number of barbiturate groups is 1. The fourth-order valence-electron chi connectivity index (χ4n) is 2.56. The molecule has 0 aromatic carbocycles. The second-order valence-corrected chi connectivity index (χ2v) is 6.03. The molecular formula is C14H21N3O4. The minimum absolute atomic E-state index is 0.0106. The van der Waals surface area contributed by atoms with Crippen LogP contribution in [-0.4, -0.2) is 53.2 Å². The molecule has 7 heteroatoms. The van der Waals surface area contributed by atoms with Crippen LogP contribution in [0.1, 0.15) is 39.5 Å². The number of rotatable bonds is 3. The van der Waals surface area contributed by atoms with E-state index in [0.717, 1.165) is 37.3 Å². The number of imide groups is 2. The van der Waals surface area contributed by atoms with Gasteiger partial charge in [-0.15, -0.1) is 0 Å². The summed E-state index contributed by atoms with van der Waals surface area (Å²) in [6, 6.07) is -0.740. The minimum atomic E-state index is -1.28. The summed E-state index contributed by atoms with van der Waals surface area (Å²) in [5, 5.41) is 2.16. The number of nitrogens with one attached hydrogen (secondary N) is 1. The Hall–Kier alpha value is -1.92. The van der Waals surface area contributed by atoms with Gasteiger partial charge in [0, 0.05) is 26.1 Å². The Labute approximate surface area is 123 Å². The number of carbonyl (C=O) groups is 4. The van der Waals surface area contributed by atoms with Crippen molar-refractivity contribution < 1.29 is 19.2 Å². The van der Waals surface area contributed by atoms with Crippen LogP contribution in [0, 0.1) is 5.41 Å². The Morgan fingerprint density at radius 3 is 2.38 bits per heavy atom. The molecule has 0 bridgehead atoms. The Bertz CT molecular complexity index is 481. The maximum Gasteiger partial charge on any atom is 0.330 e. The van der Waals surface area contributed by atoms with Crippen molar-refractivity contribution in [3.63, 3.8) is 0 Å². The standard InChI is InChI=1S/C14H21N3O4/c1-14(2)11(19)15-13(21)17(12(14)20)9-6-10(18)16-7-4-3-5-8-16/h3-9H2,1-2H3,(H,15,19,21). The van der Waals surface area contributed by atoms with Crippen molar-refractivity contribution >= 4 is 23.8 Å². The topological polar surface area (TPSA) is 86.8 Å². The van der Waals surface area contributed by atoms with E-state index in [4.69, 9.17) is 0 Å². The molecule has 0 atom stereocenters. The van der Waals surface area contributed by atoms with Crippen LogP contribution in [0.2, 0.25) is 0 Å². The highest BCUT2D eigenvalue weighted by Gasteiger charge is 2.46. The second-order valence-electron chi connectivity index (χ2n) is 6.03. The Kier molecular flexibility index (Phi) is 4.29. The first kappa shape index (κ1) is 15.5. The van der Waals surface area contributed by atoms with Crippen molar-refractivity contribution in [2.24, 2.45) is 5.41 Å². The summed E-state index contributed by atoms with van der Waals surface area (Å²) in [6.45, 7) is 4.43. The van der Waals surface area contributed by atoms with E-state index < -0.39 is 23.3 Å². The van der Waals surface area contributed by atoms with Gasteiger partial charge in [-0.1, -0.05) is 0 Å². The lowest BCUT2D eigenvalue weighted by molar-refractivity contribution is -0.149. The van der Waals surface area contributed by atoms with E-state index in [9.17, 15) is 19.2 Å². The van der Waals surface area contributed by atoms with E-state index in [-0.39, 0.29) is 18.9 Å². The van der Waals surface area contributed by atoms with Gasteiger partial charge in [0.1, 0.15) is 5.41 Å². The number of urea groups is 1. The van der Waals surface area contributed by atoms with Gasteiger partial charge in [-0.25, -0.2) is 4.79 Å². The molecule has 0 unspecified atom stereocenters. The van der Waals surface area contributed by atoms with Crippen molar-refractivity contribution in [3.05, 3.63) is 0 Å². The van der Waals surface area contributed by atoms with Crippen molar-refractivity contribution in [2.45, 2.75) is 39.5 Å². The Morgan fingerprint density at radius 2 is 1.76 bits per heavy atom. The van der Waals surface area contributed by atoms with E-state index in [1.165, 1.54) is 13.8 Å². The van der Waals surface area contributed by atoms with Crippen LogP contribution in [0.3, 0.4) is 0 Å². The molecule has 0 radical (unpaired) electrons. The molecule has 1 N–H and O–H groups in total. The molecule has 116 valence electrons. The van der Waals surface area contributed by atoms with Crippen molar-refractivity contribution in [2.75, 3.05) is 19.6 Å². The summed E-state index contributed by atoms with van der Waals surface area (Å²) < 4.78 is 0. The second kappa shape index (κ2) is 5.83. The molecule has 7 nitrogen and oxygen atoms in total. The van der Waals surface area contributed by atoms with E-state index in [2.05, 4.69) is 5.32 Å². The Balaban J connectivity index is 1.95. The molecule has 2 aliphatic heterocycles. The lowest BCUT2D eigenvalue weighted by Crippen LogP contribution is -2.62. The number of hydrogen-bond donors (Lipinski definition) is 1. The fourth-order valence-corrected chi connectivity index (χ4v) is 2.56. The third kappa shape index (κ3) is 3.06. The first-order valence-corrected chi connectivity index (χ1v) is 7.29. The third-order valence-electron chi connectivity index (χ3n) is 4.07. The first-order chi connectivity index (χ1) is 9.84. The number of carbonyl (C=O) groups excluding carboxylic acids is 4. The zero-order chi connectivity index (χ0) is 15.6. The zero-order valence-electron chi connectivity index (χ0n) is 12.5. The summed E-state index contributed by atoms with van der Waals surface area (Å²) >= 11 is 0. The fraction of sp³-hybridized carbons (Fsp3) is 0.714.